The second-order valence-electron chi connectivity index (χ2n) is 3.12. The zero-order chi connectivity index (χ0) is 7.94. The minimum absolute atomic E-state index is 1.02. The molecule has 0 unspecified atom stereocenters. The van der Waals surface area contributed by atoms with E-state index in [2.05, 4.69) is 24.1 Å². The van der Waals surface area contributed by atoms with Gasteiger partial charge in [-0.25, -0.2) is 0 Å². The predicted octanol–water partition coefficient (Wildman–Crippen LogP) is 2.60. The Morgan fingerprint density at radius 2 is 1.91 bits per heavy atom. The quantitative estimate of drug-likeness (QED) is 0.601. The molecule has 0 saturated carbocycles. The smallest absolute Gasteiger partial charge is 0.0172 e. The summed E-state index contributed by atoms with van der Waals surface area (Å²) in [7, 11) is 0. The number of hydrogen-bond acceptors (Lipinski definition) is 1. The van der Waals surface area contributed by atoms with E-state index in [0.29, 0.717) is 0 Å². The number of piperidine rings is 1. The van der Waals surface area contributed by atoms with Gasteiger partial charge in [0.15, 0.2) is 0 Å². The topological polar surface area (TPSA) is 3.24 Å². The second kappa shape index (κ2) is 5.22. The maximum absolute atomic E-state index is 3.80. The molecule has 11 heavy (non-hydrogen) atoms. The van der Waals surface area contributed by atoms with Crippen molar-refractivity contribution in [2.24, 2.45) is 0 Å². The molecule has 1 heteroatoms. The molecule has 1 aliphatic rings. The molecule has 0 atom stereocenters. The van der Waals surface area contributed by atoms with Gasteiger partial charge in [0.1, 0.15) is 0 Å². The maximum Gasteiger partial charge on any atom is 0.0172 e. The first kappa shape index (κ1) is 8.63. The number of nitrogens with zero attached hydrogens (tertiary/aromatic N) is 1. The van der Waals surface area contributed by atoms with Crippen LogP contribution in [0.5, 0.6) is 0 Å². The molecule has 0 spiro atoms. The summed E-state index contributed by atoms with van der Waals surface area (Å²) in [5, 5.41) is 0. The minimum atomic E-state index is 1.02. The highest BCUT2D eigenvalue weighted by molar-refractivity contribution is 4.84. The summed E-state index contributed by atoms with van der Waals surface area (Å²) in [5.74, 6) is 0. The van der Waals surface area contributed by atoms with Gasteiger partial charge in [0.2, 0.25) is 0 Å². The Balaban J connectivity index is 2.13. The summed E-state index contributed by atoms with van der Waals surface area (Å²) in [6.07, 6.45) is 10.8. The van der Waals surface area contributed by atoms with Gasteiger partial charge >= 0.3 is 0 Å². The van der Waals surface area contributed by atoms with Gasteiger partial charge in [0.25, 0.3) is 0 Å². The standard InChI is InChI=1S/C10H18N/c1-2-3-5-8-11-9-6-4-7-10-11/h5,8H,1-4,6-7,9-10H2/b8-5+. The lowest BCUT2D eigenvalue weighted by molar-refractivity contribution is 0.309. The highest BCUT2D eigenvalue weighted by atomic mass is 15.1. The largest absolute Gasteiger partial charge is 0.378 e. The Bertz CT molecular complexity index is 112. The molecule has 0 aromatic carbocycles. The Morgan fingerprint density at radius 1 is 1.18 bits per heavy atom. The summed E-state index contributed by atoms with van der Waals surface area (Å²) >= 11 is 0. The lowest BCUT2D eigenvalue weighted by Gasteiger charge is -2.24. The van der Waals surface area contributed by atoms with E-state index >= 15 is 0 Å². The zero-order valence-electron chi connectivity index (χ0n) is 7.26. The van der Waals surface area contributed by atoms with Crippen LogP contribution in [0.3, 0.4) is 0 Å². The van der Waals surface area contributed by atoms with Crippen LogP contribution in [0.4, 0.5) is 0 Å². The average molecular weight is 152 g/mol. The Kier molecular flexibility index (Phi) is 4.10. The van der Waals surface area contributed by atoms with Crippen LogP contribution in [0.25, 0.3) is 0 Å². The molecule has 0 aromatic rings. The van der Waals surface area contributed by atoms with Crippen molar-refractivity contribution in [1.82, 2.24) is 4.90 Å². The van der Waals surface area contributed by atoms with Gasteiger partial charge in [-0.3, -0.25) is 0 Å². The fourth-order valence-corrected chi connectivity index (χ4v) is 1.41. The van der Waals surface area contributed by atoms with Crippen molar-refractivity contribution in [2.75, 3.05) is 13.1 Å². The minimum Gasteiger partial charge on any atom is -0.378 e. The molecular weight excluding hydrogens is 134 g/mol. The highest BCUT2D eigenvalue weighted by Gasteiger charge is 2.03. The Labute approximate surface area is 70.1 Å². The zero-order valence-corrected chi connectivity index (χ0v) is 7.26. The molecule has 1 fully saturated rings. The van der Waals surface area contributed by atoms with Gasteiger partial charge in [0.05, 0.1) is 0 Å². The molecule has 63 valence electrons. The summed E-state index contributed by atoms with van der Waals surface area (Å²) in [6, 6.07) is 0. The van der Waals surface area contributed by atoms with Gasteiger partial charge in [-0.1, -0.05) is 13.0 Å². The molecule has 0 amide bonds. The molecule has 0 N–H and O–H groups in total. The monoisotopic (exact) mass is 152 g/mol. The Morgan fingerprint density at radius 3 is 2.55 bits per heavy atom. The third-order valence-electron chi connectivity index (χ3n) is 2.08. The van der Waals surface area contributed by atoms with E-state index in [1.807, 2.05) is 0 Å². The molecule has 0 bridgehead atoms. The number of unbranched alkanes of at least 4 members (excludes halogenated alkanes) is 1. The molecule has 1 rings (SSSR count). The normalized spacial score (nSPS) is 19.5. The summed E-state index contributed by atoms with van der Waals surface area (Å²) in [6.45, 7) is 6.31. The molecule has 1 nitrogen and oxygen atoms in total. The van der Waals surface area contributed by atoms with Crippen LogP contribution in [0.1, 0.15) is 32.1 Å². The fraction of sp³-hybridized carbons (Fsp3) is 0.700. The molecule has 1 aliphatic heterocycles. The lowest BCUT2D eigenvalue weighted by atomic mass is 10.1. The first-order valence-electron chi connectivity index (χ1n) is 4.63. The molecular formula is C10H18N. The van der Waals surface area contributed by atoms with E-state index in [-0.39, 0.29) is 0 Å². The van der Waals surface area contributed by atoms with Crippen LogP contribution in [0.2, 0.25) is 0 Å². The number of rotatable bonds is 3. The van der Waals surface area contributed by atoms with Gasteiger partial charge < -0.3 is 4.90 Å². The Hall–Kier alpha value is -0.460. The number of hydrogen-bond donors (Lipinski definition) is 0. The van der Waals surface area contributed by atoms with Crippen LogP contribution in [-0.4, -0.2) is 18.0 Å². The highest BCUT2D eigenvalue weighted by Crippen LogP contribution is 2.08. The van der Waals surface area contributed by atoms with Gasteiger partial charge in [-0.2, -0.15) is 0 Å². The van der Waals surface area contributed by atoms with Crippen LogP contribution in [-0.2, 0) is 0 Å². The van der Waals surface area contributed by atoms with E-state index in [1.165, 1.54) is 32.4 Å². The van der Waals surface area contributed by atoms with Crippen molar-refractivity contribution in [3.63, 3.8) is 0 Å². The van der Waals surface area contributed by atoms with Crippen molar-refractivity contribution < 1.29 is 0 Å². The molecule has 0 aromatic heterocycles. The SMILES string of the molecule is [CH2]CC/C=C/N1CCCCC1. The van der Waals surface area contributed by atoms with Gasteiger partial charge in [-0.15, -0.1) is 0 Å². The van der Waals surface area contributed by atoms with E-state index in [4.69, 9.17) is 0 Å². The summed E-state index contributed by atoms with van der Waals surface area (Å²) < 4.78 is 0. The third-order valence-corrected chi connectivity index (χ3v) is 2.08. The predicted molar refractivity (Wildman–Crippen MR) is 49.2 cm³/mol. The second-order valence-corrected chi connectivity index (χ2v) is 3.12. The van der Waals surface area contributed by atoms with Crippen molar-refractivity contribution in [1.29, 1.82) is 0 Å². The van der Waals surface area contributed by atoms with Gasteiger partial charge in [-0.05, 0) is 38.3 Å². The van der Waals surface area contributed by atoms with Crippen molar-refractivity contribution >= 4 is 0 Å². The molecule has 1 radical (unpaired) electrons. The summed E-state index contributed by atoms with van der Waals surface area (Å²) in [5.41, 5.74) is 0. The fourth-order valence-electron chi connectivity index (χ4n) is 1.41. The van der Waals surface area contributed by atoms with Crippen LogP contribution in [0, 0.1) is 6.92 Å². The van der Waals surface area contributed by atoms with E-state index in [9.17, 15) is 0 Å². The van der Waals surface area contributed by atoms with Crippen molar-refractivity contribution in [3.8, 4) is 0 Å². The van der Waals surface area contributed by atoms with E-state index < -0.39 is 0 Å². The van der Waals surface area contributed by atoms with Crippen LogP contribution >= 0.6 is 0 Å². The van der Waals surface area contributed by atoms with E-state index in [0.717, 1.165) is 12.8 Å². The molecule has 1 saturated heterocycles. The summed E-state index contributed by atoms with van der Waals surface area (Å²) in [4.78, 5) is 2.42. The average Bonchev–Trinajstić information content (AvgIpc) is 2.07. The third kappa shape index (κ3) is 3.45. The van der Waals surface area contributed by atoms with Crippen molar-refractivity contribution in [3.05, 3.63) is 19.2 Å². The molecule has 0 aliphatic carbocycles. The maximum atomic E-state index is 3.80. The van der Waals surface area contributed by atoms with Gasteiger partial charge in [0, 0.05) is 13.1 Å². The first-order chi connectivity index (χ1) is 5.43. The van der Waals surface area contributed by atoms with Crippen LogP contribution in [0.15, 0.2) is 12.3 Å². The number of allylic oxidation sites excluding steroid dienone is 1. The molecule has 1 heterocycles. The van der Waals surface area contributed by atoms with Crippen LogP contribution < -0.4 is 0 Å². The van der Waals surface area contributed by atoms with E-state index in [1.54, 1.807) is 0 Å². The first-order valence-corrected chi connectivity index (χ1v) is 4.63. The van der Waals surface area contributed by atoms with Crippen molar-refractivity contribution in [2.45, 2.75) is 32.1 Å². The lowest BCUT2D eigenvalue weighted by Crippen LogP contribution is -2.23. The number of likely N-dealkylation sites (tertiary alicyclic amines) is 1.